The van der Waals surface area contributed by atoms with Crippen LogP contribution in [0.2, 0.25) is 0 Å². The fourth-order valence-corrected chi connectivity index (χ4v) is 6.20. The summed E-state index contributed by atoms with van der Waals surface area (Å²) < 4.78 is 83.2. The highest BCUT2D eigenvalue weighted by Gasteiger charge is 2.51. The number of carboxylic acids is 1. The van der Waals surface area contributed by atoms with E-state index in [0.29, 0.717) is 24.5 Å². The number of urea groups is 1. The molecule has 2 amide bonds. The summed E-state index contributed by atoms with van der Waals surface area (Å²) in [7, 11) is 3.24. The zero-order valence-corrected chi connectivity index (χ0v) is 25.0. The quantitative estimate of drug-likeness (QED) is 0.247. The van der Waals surface area contributed by atoms with Gasteiger partial charge in [-0.25, -0.2) is 22.8 Å². The molecule has 14 heteroatoms. The molecule has 2 aliphatic rings. The molecule has 3 atom stereocenters. The number of fused-ring (bicyclic) bond motifs is 1. The largest absolute Gasteiger partial charge is 0.493 e. The minimum Gasteiger partial charge on any atom is -0.493 e. The lowest BCUT2D eigenvalue weighted by Crippen LogP contribution is -2.52. The Hall–Kier alpha value is -4.46. The third-order valence-corrected chi connectivity index (χ3v) is 8.38. The lowest BCUT2D eigenvalue weighted by atomic mass is 9.65. The van der Waals surface area contributed by atoms with Gasteiger partial charge in [0.05, 0.1) is 14.2 Å². The van der Waals surface area contributed by atoms with Gasteiger partial charge in [0.15, 0.2) is 23.1 Å². The van der Waals surface area contributed by atoms with Crippen molar-refractivity contribution in [2.75, 3.05) is 26.1 Å². The van der Waals surface area contributed by atoms with Crippen LogP contribution in [0.5, 0.6) is 11.5 Å². The molecule has 46 heavy (non-hydrogen) atoms. The van der Waals surface area contributed by atoms with Crippen molar-refractivity contribution in [3.05, 3.63) is 89.2 Å². The molecule has 3 aromatic carbocycles. The molecule has 1 saturated carbocycles. The van der Waals surface area contributed by atoms with Gasteiger partial charge in [0.2, 0.25) is 0 Å². The van der Waals surface area contributed by atoms with Gasteiger partial charge < -0.3 is 25.2 Å². The summed E-state index contributed by atoms with van der Waals surface area (Å²) in [6.07, 6.45) is -1.87. The van der Waals surface area contributed by atoms with E-state index in [0.717, 1.165) is 49.1 Å². The third kappa shape index (κ3) is 8.03. The molecular weight excluding hydrogens is 620 g/mol. The number of amides is 2. The summed E-state index contributed by atoms with van der Waals surface area (Å²) in [6.45, 7) is 1.51. The molecule has 1 aliphatic heterocycles. The van der Waals surface area contributed by atoms with Crippen molar-refractivity contribution in [2.24, 2.45) is 0 Å². The second-order valence-corrected chi connectivity index (χ2v) is 11.1. The molecule has 0 bridgehead atoms. The zero-order valence-electron chi connectivity index (χ0n) is 25.0. The Balaban J connectivity index is 0.000000617. The SMILES string of the molecule is COc1ccc(C23CCC(NC(=O)Nc4ccc(F)c(F)c4)CC2N(Cc2ccc(F)cc2)CC3)cc1OC.O=C(O)C(F)(F)F. The maximum absolute atomic E-state index is 13.6. The van der Waals surface area contributed by atoms with Crippen LogP contribution in [0.3, 0.4) is 0 Å². The molecule has 1 heterocycles. The van der Waals surface area contributed by atoms with E-state index in [4.69, 9.17) is 19.4 Å². The first-order valence-corrected chi connectivity index (χ1v) is 14.3. The van der Waals surface area contributed by atoms with Crippen LogP contribution in [0.4, 0.5) is 36.8 Å². The summed E-state index contributed by atoms with van der Waals surface area (Å²) in [5.74, 6) is -3.68. The number of anilines is 1. The zero-order chi connectivity index (χ0) is 33.6. The summed E-state index contributed by atoms with van der Waals surface area (Å²) in [4.78, 5) is 24.1. The Morgan fingerprint density at radius 2 is 1.61 bits per heavy atom. The number of halogens is 6. The van der Waals surface area contributed by atoms with Crippen molar-refractivity contribution >= 4 is 17.7 Å². The van der Waals surface area contributed by atoms with Gasteiger partial charge in [-0.2, -0.15) is 13.2 Å². The van der Waals surface area contributed by atoms with Crippen LogP contribution >= 0.6 is 0 Å². The van der Waals surface area contributed by atoms with Gasteiger partial charge in [0.25, 0.3) is 0 Å². The van der Waals surface area contributed by atoms with E-state index in [1.165, 1.54) is 18.2 Å². The number of carbonyl (C=O) groups is 2. The molecule has 1 saturated heterocycles. The number of likely N-dealkylation sites (tertiary alicyclic amines) is 1. The number of aliphatic carboxylic acids is 1. The van der Waals surface area contributed by atoms with Gasteiger partial charge in [-0.15, -0.1) is 0 Å². The number of carboxylic acid groups (broad SMARTS) is 1. The molecule has 1 aliphatic carbocycles. The first kappa shape index (κ1) is 34.4. The van der Waals surface area contributed by atoms with Gasteiger partial charge in [0, 0.05) is 35.8 Å². The molecule has 0 aromatic heterocycles. The average molecular weight is 654 g/mol. The van der Waals surface area contributed by atoms with Gasteiger partial charge in [0.1, 0.15) is 5.82 Å². The second kappa shape index (κ2) is 14.3. The van der Waals surface area contributed by atoms with E-state index >= 15 is 0 Å². The Labute approximate surface area is 261 Å². The Morgan fingerprint density at radius 1 is 0.935 bits per heavy atom. The van der Waals surface area contributed by atoms with Crippen LogP contribution in [0.25, 0.3) is 0 Å². The lowest BCUT2D eigenvalue weighted by molar-refractivity contribution is -0.192. The number of rotatable bonds is 7. The summed E-state index contributed by atoms with van der Waals surface area (Å²) in [6, 6.07) is 15.4. The monoisotopic (exact) mass is 653 g/mol. The highest BCUT2D eigenvalue weighted by Crippen LogP contribution is 2.50. The first-order valence-electron chi connectivity index (χ1n) is 14.3. The second-order valence-electron chi connectivity index (χ2n) is 11.1. The number of hydrogen-bond donors (Lipinski definition) is 3. The van der Waals surface area contributed by atoms with Crippen molar-refractivity contribution in [3.63, 3.8) is 0 Å². The van der Waals surface area contributed by atoms with Gasteiger partial charge in [-0.05, 0) is 79.8 Å². The number of nitrogens with zero attached hydrogens (tertiary/aromatic N) is 1. The molecular formula is C32H33F6N3O5. The highest BCUT2D eigenvalue weighted by molar-refractivity contribution is 5.89. The minimum atomic E-state index is -5.08. The van der Waals surface area contributed by atoms with Crippen LogP contribution in [0.15, 0.2) is 60.7 Å². The molecule has 248 valence electrons. The third-order valence-electron chi connectivity index (χ3n) is 8.38. The van der Waals surface area contributed by atoms with Crippen LogP contribution in [-0.4, -0.2) is 61.0 Å². The van der Waals surface area contributed by atoms with E-state index in [-0.39, 0.29) is 29.0 Å². The predicted molar refractivity (Wildman–Crippen MR) is 156 cm³/mol. The fraction of sp³-hybridized carbons (Fsp3) is 0.375. The van der Waals surface area contributed by atoms with Crippen molar-refractivity contribution < 1.29 is 50.5 Å². The molecule has 5 rings (SSSR count). The summed E-state index contributed by atoms with van der Waals surface area (Å²) in [5, 5.41) is 12.8. The van der Waals surface area contributed by atoms with Gasteiger partial charge in [-0.1, -0.05) is 18.2 Å². The standard InChI is InChI=1S/C30H32F3N3O3.C2HF3O2/c1-38-26-10-5-20(15-27(26)39-2)30-12-11-23(35-29(37)34-22-8-9-24(32)25(33)16-22)17-28(30)36(14-13-30)18-19-3-6-21(31)7-4-19;3-2(4,5)1(6)7/h3-10,15-16,23,28H,11-14,17-18H2,1-2H3,(H2,34,35,37);(H,6,7). The number of benzene rings is 3. The summed E-state index contributed by atoms with van der Waals surface area (Å²) in [5.41, 5.74) is 2.21. The van der Waals surface area contributed by atoms with E-state index in [2.05, 4.69) is 27.7 Å². The molecule has 8 nitrogen and oxygen atoms in total. The smallest absolute Gasteiger partial charge is 0.490 e. The van der Waals surface area contributed by atoms with Crippen molar-refractivity contribution in [2.45, 2.75) is 55.9 Å². The molecule has 3 aromatic rings. The number of carbonyl (C=O) groups excluding carboxylic acids is 1. The van der Waals surface area contributed by atoms with Crippen LogP contribution in [-0.2, 0) is 16.8 Å². The maximum Gasteiger partial charge on any atom is 0.490 e. The van der Waals surface area contributed by atoms with Crippen LogP contribution in [0.1, 0.15) is 36.8 Å². The summed E-state index contributed by atoms with van der Waals surface area (Å²) >= 11 is 0. The Bertz CT molecular complexity index is 1540. The van der Waals surface area contributed by atoms with E-state index < -0.39 is 29.8 Å². The van der Waals surface area contributed by atoms with E-state index in [1.54, 1.807) is 26.4 Å². The number of alkyl halides is 3. The Morgan fingerprint density at radius 3 is 2.22 bits per heavy atom. The van der Waals surface area contributed by atoms with Crippen molar-refractivity contribution in [1.29, 1.82) is 0 Å². The normalized spacial score (nSPS) is 21.0. The Kier molecular flexibility index (Phi) is 10.7. The molecule has 0 spiro atoms. The maximum atomic E-state index is 13.6. The van der Waals surface area contributed by atoms with Crippen LogP contribution in [0, 0.1) is 17.5 Å². The van der Waals surface area contributed by atoms with Gasteiger partial charge in [-0.3, -0.25) is 4.90 Å². The average Bonchev–Trinajstić information content (AvgIpc) is 3.38. The van der Waals surface area contributed by atoms with E-state index in [9.17, 15) is 31.1 Å². The van der Waals surface area contributed by atoms with Crippen LogP contribution < -0.4 is 20.1 Å². The number of ether oxygens (including phenoxy) is 2. The van der Waals surface area contributed by atoms with Crippen molar-refractivity contribution in [1.82, 2.24) is 10.2 Å². The topological polar surface area (TPSA) is 100 Å². The lowest BCUT2D eigenvalue weighted by Gasteiger charge is -2.45. The number of nitrogens with one attached hydrogen (secondary N) is 2. The van der Waals surface area contributed by atoms with E-state index in [1.807, 2.05) is 6.07 Å². The molecule has 3 unspecified atom stereocenters. The number of methoxy groups -OCH3 is 2. The first-order chi connectivity index (χ1) is 21.7. The predicted octanol–water partition coefficient (Wildman–Crippen LogP) is 6.64. The number of hydrogen-bond acceptors (Lipinski definition) is 5. The molecule has 0 radical (unpaired) electrons. The molecule has 2 fully saturated rings. The minimum absolute atomic E-state index is 0.1000. The van der Waals surface area contributed by atoms with Crippen molar-refractivity contribution in [3.8, 4) is 11.5 Å². The molecule has 3 N–H and O–H groups in total. The van der Waals surface area contributed by atoms with Gasteiger partial charge >= 0.3 is 18.2 Å². The highest BCUT2D eigenvalue weighted by atomic mass is 19.4. The fourth-order valence-electron chi connectivity index (χ4n) is 6.20.